The third kappa shape index (κ3) is 2.10. The van der Waals surface area contributed by atoms with Crippen LogP contribution in [0.25, 0.3) is 0 Å². The number of hydrogen-bond acceptors (Lipinski definition) is 2. The Morgan fingerprint density at radius 1 is 1.40 bits per heavy atom. The molecule has 80 valence electrons. The molecule has 1 unspecified atom stereocenters. The van der Waals surface area contributed by atoms with Crippen LogP contribution in [0.1, 0.15) is 11.6 Å². The predicted octanol–water partition coefficient (Wildman–Crippen LogP) is 0.745. The molecule has 1 aliphatic rings. The van der Waals surface area contributed by atoms with E-state index in [1.165, 1.54) is 0 Å². The van der Waals surface area contributed by atoms with E-state index >= 15 is 0 Å². The maximum atomic E-state index is 11.5. The van der Waals surface area contributed by atoms with Crippen molar-refractivity contribution in [1.82, 2.24) is 10.2 Å². The Kier molecular flexibility index (Phi) is 2.87. The highest BCUT2D eigenvalue weighted by molar-refractivity contribution is 5.77. The average Bonchev–Trinajstić information content (AvgIpc) is 2.63. The van der Waals surface area contributed by atoms with E-state index in [1.807, 2.05) is 30.3 Å². The number of aliphatic hydroxyl groups is 1. The summed E-state index contributed by atoms with van der Waals surface area (Å²) < 4.78 is 0. The number of rotatable bonds is 3. The quantitative estimate of drug-likeness (QED) is 0.766. The molecular formula is C11H14N2O2. The van der Waals surface area contributed by atoms with Gasteiger partial charge in [0, 0.05) is 13.1 Å². The van der Waals surface area contributed by atoms with Crippen LogP contribution < -0.4 is 5.32 Å². The molecule has 4 heteroatoms. The molecular weight excluding hydrogens is 192 g/mol. The first-order valence-electron chi connectivity index (χ1n) is 5.02. The molecule has 1 aromatic rings. The van der Waals surface area contributed by atoms with Gasteiger partial charge in [-0.1, -0.05) is 30.3 Å². The van der Waals surface area contributed by atoms with Gasteiger partial charge in [-0.15, -0.1) is 0 Å². The third-order valence-electron chi connectivity index (χ3n) is 2.56. The van der Waals surface area contributed by atoms with Crippen molar-refractivity contribution in [2.45, 2.75) is 6.04 Å². The highest BCUT2D eigenvalue weighted by atomic mass is 16.3. The molecule has 0 radical (unpaired) electrons. The number of nitrogens with zero attached hydrogens (tertiary/aromatic N) is 1. The lowest BCUT2D eigenvalue weighted by Gasteiger charge is -2.12. The van der Waals surface area contributed by atoms with Gasteiger partial charge < -0.3 is 15.3 Å². The van der Waals surface area contributed by atoms with Crippen LogP contribution in [-0.2, 0) is 0 Å². The number of urea groups is 1. The van der Waals surface area contributed by atoms with Gasteiger partial charge in [-0.25, -0.2) is 4.79 Å². The summed E-state index contributed by atoms with van der Waals surface area (Å²) in [6.45, 7) is 1.04. The summed E-state index contributed by atoms with van der Waals surface area (Å²) in [5.74, 6) is 0. The molecule has 0 aromatic heterocycles. The number of carbonyl (C=O) groups is 1. The average molecular weight is 206 g/mol. The molecule has 0 bridgehead atoms. The minimum Gasteiger partial charge on any atom is -0.395 e. The molecule has 1 heterocycles. The van der Waals surface area contributed by atoms with Gasteiger partial charge in [0.1, 0.15) is 0 Å². The number of amides is 2. The maximum absolute atomic E-state index is 11.5. The van der Waals surface area contributed by atoms with Gasteiger partial charge in [0.15, 0.2) is 0 Å². The highest BCUT2D eigenvalue weighted by Crippen LogP contribution is 2.19. The van der Waals surface area contributed by atoms with Gasteiger partial charge in [0.2, 0.25) is 0 Å². The van der Waals surface area contributed by atoms with E-state index in [2.05, 4.69) is 5.32 Å². The molecule has 1 saturated heterocycles. The van der Waals surface area contributed by atoms with E-state index in [-0.39, 0.29) is 18.7 Å². The Morgan fingerprint density at radius 3 is 2.80 bits per heavy atom. The van der Waals surface area contributed by atoms with E-state index in [4.69, 9.17) is 5.11 Å². The predicted molar refractivity (Wildman–Crippen MR) is 56.4 cm³/mol. The Hall–Kier alpha value is -1.55. The lowest BCUT2D eigenvalue weighted by molar-refractivity contribution is 0.196. The highest BCUT2D eigenvalue weighted by Gasteiger charge is 2.28. The van der Waals surface area contributed by atoms with E-state index in [1.54, 1.807) is 4.90 Å². The SMILES string of the molecule is O=C1NC(c2ccccc2)CN1CCO. The summed E-state index contributed by atoms with van der Waals surface area (Å²) in [6, 6.07) is 9.79. The van der Waals surface area contributed by atoms with Crippen molar-refractivity contribution >= 4 is 6.03 Å². The van der Waals surface area contributed by atoms with Crippen molar-refractivity contribution in [2.24, 2.45) is 0 Å². The standard InChI is InChI=1S/C11H14N2O2/c14-7-6-13-8-10(12-11(13)15)9-4-2-1-3-5-9/h1-5,10,14H,6-8H2,(H,12,15). The fourth-order valence-corrected chi connectivity index (χ4v) is 1.78. The Labute approximate surface area is 88.5 Å². The van der Waals surface area contributed by atoms with Gasteiger partial charge in [-0.2, -0.15) is 0 Å². The molecule has 1 aromatic carbocycles. The molecule has 1 fully saturated rings. The second-order valence-corrected chi connectivity index (χ2v) is 3.58. The third-order valence-corrected chi connectivity index (χ3v) is 2.56. The van der Waals surface area contributed by atoms with Crippen LogP contribution in [0.2, 0.25) is 0 Å². The zero-order valence-electron chi connectivity index (χ0n) is 8.39. The first kappa shape index (κ1) is 9.98. The zero-order chi connectivity index (χ0) is 10.7. The summed E-state index contributed by atoms with van der Waals surface area (Å²) >= 11 is 0. The number of nitrogens with one attached hydrogen (secondary N) is 1. The molecule has 15 heavy (non-hydrogen) atoms. The lowest BCUT2D eigenvalue weighted by atomic mass is 10.1. The normalized spacial score (nSPS) is 20.5. The van der Waals surface area contributed by atoms with E-state index in [9.17, 15) is 4.79 Å². The summed E-state index contributed by atoms with van der Waals surface area (Å²) in [4.78, 5) is 13.1. The van der Waals surface area contributed by atoms with Crippen LogP contribution in [0.15, 0.2) is 30.3 Å². The summed E-state index contributed by atoms with van der Waals surface area (Å²) in [7, 11) is 0. The molecule has 2 rings (SSSR count). The van der Waals surface area contributed by atoms with Gasteiger partial charge in [-0.05, 0) is 5.56 Å². The van der Waals surface area contributed by atoms with Gasteiger partial charge >= 0.3 is 6.03 Å². The molecule has 1 aliphatic heterocycles. The van der Waals surface area contributed by atoms with Crippen LogP contribution in [-0.4, -0.2) is 35.7 Å². The number of carbonyl (C=O) groups excluding carboxylic acids is 1. The Bertz CT molecular complexity index is 340. The smallest absolute Gasteiger partial charge is 0.318 e. The summed E-state index contributed by atoms with van der Waals surface area (Å²) in [5.41, 5.74) is 1.10. The second kappa shape index (κ2) is 4.31. The molecule has 2 amide bonds. The number of β-amino-alcohol motifs (C(OH)–C–C–N with tert-alkyl or cyclic N) is 1. The monoisotopic (exact) mass is 206 g/mol. The minimum absolute atomic E-state index is 0.00886. The second-order valence-electron chi connectivity index (χ2n) is 3.58. The van der Waals surface area contributed by atoms with Crippen LogP contribution in [0, 0.1) is 0 Å². The first-order chi connectivity index (χ1) is 7.31. The van der Waals surface area contributed by atoms with Gasteiger partial charge in [0.25, 0.3) is 0 Å². The topological polar surface area (TPSA) is 52.6 Å². The molecule has 2 N–H and O–H groups in total. The van der Waals surface area contributed by atoms with Crippen molar-refractivity contribution in [3.8, 4) is 0 Å². The van der Waals surface area contributed by atoms with E-state index in [0.717, 1.165) is 5.56 Å². The summed E-state index contributed by atoms with van der Waals surface area (Å²) in [6.07, 6.45) is 0. The van der Waals surface area contributed by atoms with Gasteiger partial charge in [-0.3, -0.25) is 0 Å². The largest absolute Gasteiger partial charge is 0.395 e. The molecule has 4 nitrogen and oxygen atoms in total. The Morgan fingerprint density at radius 2 is 2.13 bits per heavy atom. The number of hydrogen-bond donors (Lipinski definition) is 2. The fraction of sp³-hybridized carbons (Fsp3) is 0.364. The van der Waals surface area contributed by atoms with E-state index < -0.39 is 0 Å². The van der Waals surface area contributed by atoms with Crippen molar-refractivity contribution in [2.75, 3.05) is 19.7 Å². The lowest BCUT2D eigenvalue weighted by Crippen LogP contribution is -2.30. The first-order valence-corrected chi connectivity index (χ1v) is 5.02. The van der Waals surface area contributed by atoms with Crippen molar-refractivity contribution < 1.29 is 9.90 Å². The van der Waals surface area contributed by atoms with Crippen LogP contribution in [0.4, 0.5) is 4.79 Å². The molecule has 1 atom stereocenters. The molecule has 0 aliphatic carbocycles. The van der Waals surface area contributed by atoms with Crippen LogP contribution in [0.3, 0.4) is 0 Å². The summed E-state index contributed by atoms with van der Waals surface area (Å²) in [5, 5.41) is 11.7. The minimum atomic E-state index is -0.0992. The van der Waals surface area contributed by atoms with Crippen molar-refractivity contribution in [3.63, 3.8) is 0 Å². The number of aliphatic hydroxyl groups excluding tert-OH is 1. The van der Waals surface area contributed by atoms with Crippen LogP contribution in [0.5, 0.6) is 0 Å². The fourth-order valence-electron chi connectivity index (χ4n) is 1.78. The molecule has 0 spiro atoms. The van der Waals surface area contributed by atoms with Crippen molar-refractivity contribution in [3.05, 3.63) is 35.9 Å². The van der Waals surface area contributed by atoms with E-state index in [0.29, 0.717) is 13.1 Å². The Balaban J connectivity index is 2.06. The maximum Gasteiger partial charge on any atom is 0.318 e. The zero-order valence-corrected chi connectivity index (χ0v) is 8.39. The molecule has 0 saturated carbocycles. The van der Waals surface area contributed by atoms with Crippen molar-refractivity contribution in [1.29, 1.82) is 0 Å². The van der Waals surface area contributed by atoms with Gasteiger partial charge in [0.05, 0.1) is 12.6 Å². The number of benzene rings is 1. The van der Waals surface area contributed by atoms with Crippen LogP contribution >= 0.6 is 0 Å².